The molecule has 0 saturated carbocycles. The van der Waals surface area contributed by atoms with E-state index >= 15 is 0 Å². The molecule has 4 N–H and O–H groups in total. The van der Waals surface area contributed by atoms with Crippen LogP contribution in [0.15, 0.2) is 90.2 Å². The number of hydrogen-bond acceptors (Lipinski definition) is 4. The zero-order valence-electron chi connectivity index (χ0n) is 21.5. The zero-order chi connectivity index (χ0) is 25.8. The fraction of sp³-hybridized carbons (Fsp3) is 0.212. The molecule has 3 aromatic carbocycles. The molecule has 0 fully saturated rings. The maximum absolute atomic E-state index is 6.62. The van der Waals surface area contributed by atoms with Crippen molar-refractivity contribution in [2.45, 2.75) is 26.7 Å². The van der Waals surface area contributed by atoms with Crippen molar-refractivity contribution in [2.24, 2.45) is 11.7 Å². The van der Waals surface area contributed by atoms with E-state index in [2.05, 4.69) is 68.5 Å². The Kier molecular flexibility index (Phi) is 7.18. The van der Waals surface area contributed by atoms with Gasteiger partial charge in [-0.05, 0) is 100 Å². The van der Waals surface area contributed by atoms with Gasteiger partial charge in [0.25, 0.3) is 0 Å². The van der Waals surface area contributed by atoms with Crippen molar-refractivity contribution >= 4 is 29.0 Å². The van der Waals surface area contributed by atoms with Gasteiger partial charge in [0.05, 0.1) is 13.2 Å². The van der Waals surface area contributed by atoms with Crippen LogP contribution in [0.2, 0.25) is 0 Å². The minimum Gasteiger partial charge on any atom is -0.494 e. The number of anilines is 1. The van der Waals surface area contributed by atoms with Gasteiger partial charge in [-0.15, -0.1) is 0 Å². The second-order valence-corrected chi connectivity index (χ2v) is 9.52. The third-order valence-electron chi connectivity index (χ3n) is 6.72. The van der Waals surface area contributed by atoms with Crippen molar-refractivity contribution < 1.29 is 9.47 Å². The van der Waals surface area contributed by atoms with Crippen LogP contribution in [0.1, 0.15) is 48.9 Å². The molecule has 0 radical (unpaired) electrons. The molecule has 1 atom stereocenters. The van der Waals surface area contributed by atoms with Crippen LogP contribution in [0.4, 0.5) is 5.69 Å². The van der Waals surface area contributed by atoms with Crippen molar-refractivity contribution in [3.63, 3.8) is 0 Å². The smallest absolute Gasteiger partial charge is 0.119 e. The molecule has 0 heterocycles. The van der Waals surface area contributed by atoms with Crippen LogP contribution in [0.5, 0.6) is 11.5 Å². The molecule has 188 valence electrons. The Morgan fingerprint density at radius 2 is 1.24 bits per heavy atom. The number of nitrogens with two attached hydrogens (primary N) is 2. The van der Waals surface area contributed by atoms with Crippen LogP contribution in [0.25, 0.3) is 23.3 Å². The molecule has 0 spiro atoms. The monoisotopic (exact) mass is 490 g/mol. The van der Waals surface area contributed by atoms with E-state index in [-0.39, 0.29) is 5.92 Å². The minimum atomic E-state index is 0.0221. The lowest BCUT2D eigenvalue weighted by Gasteiger charge is -2.23. The molecule has 0 bridgehead atoms. The maximum atomic E-state index is 6.62. The summed E-state index contributed by atoms with van der Waals surface area (Å²) in [6, 6.07) is 22.6. The van der Waals surface area contributed by atoms with E-state index in [1.54, 1.807) is 0 Å². The van der Waals surface area contributed by atoms with Gasteiger partial charge in [-0.25, -0.2) is 0 Å². The van der Waals surface area contributed by atoms with Crippen LogP contribution in [-0.2, 0) is 0 Å². The summed E-state index contributed by atoms with van der Waals surface area (Å²) in [6.45, 7) is 5.65. The van der Waals surface area contributed by atoms with Gasteiger partial charge in [-0.2, -0.15) is 0 Å². The predicted octanol–water partition coefficient (Wildman–Crippen LogP) is 7.34. The van der Waals surface area contributed by atoms with Crippen molar-refractivity contribution in [1.82, 2.24) is 0 Å². The second-order valence-electron chi connectivity index (χ2n) is 9.52. The van der Waals surface area contributed by atoms with Crippen LogP contribution < -0.4 is 20.9 Å². The second kappa shape index (κ2) is 10.8. The van der Waals surface area contributed by atoms with E-state index in [9.17, 15) is 0 Å². The molecule has 5 rings (SSSR count). The Morgan fingerprint density at radius 3 is 1.81 bits per heavy atom. The number of hydrogen-bond donors (Lipinski definition) is 2. The van der Waals surface area contributed by atoms with Gasteiger partial charge in [-0.3, -0.25) is 0 Å². The Balaban J connectivity index is 1.56. The van der Waals surface area contributed by atoms with E-state index < -0.39 is 0 Å². The lowest BCUT2D eigenvalue weighted by atomic mass is 9.81. The van der Waals surface area contributed by atoms with Crippen molar-refractivity contribution in [3.05, 3.63) is 112 Å². The first kappa shape index (κ1) is 24.5. The van der Waals surface area contributed by atoms with Crippen LogP contribution in [0, 0.1) is 5.92 Å². The number of ether oxygens (including phenoxy) is 2. The molecule has 0 amide bonds. The fourth-order valence-corrected chi connectivity index (χ4v) is 4.94. The van der Waals surface area contributed by atoms with Gasteiger partial charge in [0, 0.05) is 17.3 Å². The fourth-order valence-electron chi connectivity index (χ4n) is 4.94. The molecule has 0 saturated heterocycles. The summed E-state index contributed by atoms with van der Waals surface area (Å²) in [5.41, 5.74) is 22.5. The topological polar surface area (TPSA) is 70.5 Å². The molecular formula is C33H34N2O2. The normalized spacial score (nSPS) is 18.3. The summed E-state index contributed by atoms with van der Waals surface area (Å²) in [6.07, 6.45) is 10.6. The molecule has 1 unspecified atom stereocenters. The van der Waals surface area contributed by atoms with E-state index in [1.165, 1.54) is 16.7 Å². The van der Waals surface area contributed by atoms with Crippen molar-refractivity contribution in [3.8, 4) is 11.5 Å². The number of nitrogen functional groups attached to an aromatic ring is 1. The lowest BCUT2D eigenvalue weighted by Crippen LogP contribution is -2.14. The van der Waals surface area contributed by atoms with Gasteiger partial charge in [0.15, 0.2) is 0 Å². The molecule has 0 aliphatic heterocycles. The van der Waals surface area contributed by atoms with E-state index in [0.29, 0.717) is 6.61 Å². The van der Waals surface area contributed by atoms with Crippen LogP contribution in [0.3, 0.4) is 0 Å². The highest BCUT2D eigenvalue weighted by Gasteiger charge is 2.36. The van der Waals surface area contributed by atoms with Gasteiger partial charge >= 0.3 is 0 Å². The van der Waals surface area contributed by atoms with Gasteiger partial charge < -0.3 is 20.9 Å². The quantitative estimate of drug-likeness (QED) is 0.324. The summed E-state index contributed by atoms with van der Waals surface area (Å²) in [5.74, 6) is 1.79. The first-order valence-corrected chi connectivity index (χ1v) is 13.0. The number of benzene rings is 3. The highest BCUT2D eigenvalue weighted by Crippen LogP contribution is 2.53. The lowest BCUT2D eigenvalue weighted by molar-refractivity contribution is 0.317. The molecule has 3 aromatic rings. The van der Waals surface area contributed by atoms with Gasteiger partial charge in [-0.1, -0.05) is 56.3 Å². The minimum absolute atomic E-state index is 0.0221. The van der Waals surface area contributed by atoms with Crippen LogP contribution in [-0.4, -0.2) is 13.2 Å². The average molecular weight is 491 g/mol. The van der Waals surface area contributed by atoms with Crippen molar-refractivity contribution in [2.75, 3.05) is 18.9 Å². The first-order chi connectivity index (χ1) is 18.1. The molecule has 2 aliphatic rings. The highest BCUT2D eigenvalue weighted by atomic mass is 16.5. The van der Waals surface area contributed by atoms with Gasteiger partial charge in [0.1, 0.15) is 11.5 Å². The average Bonchev–Trinajstić information content (AvgIpc) is 3.22. The Hall–Kier alpha value is -4.18. The SMILES string of the molecule is CCCOc1ccc(C=C2C(N)=CC=C3c4ccc(N)cc4C(=Cc4ccc(OCCC)cc4)C23)cc1. The van der Waals surface area contributed by atoms with E-state index in [4.69, 9.17) is 20.9 Å². The predicted molar refractivity (Wildman–Crippen MR) is 155 cm³/mol. The molecule has 37 heavy (non-hydrogen) atoms. The van der Waals surface area contributed by atoms with Crippen LogP contribution >= 0.6 is 0 Å². The summed E-state index contributed by atoms with van der Waals surface area (Å²) in [5, 5.41) is 0. The molecular weight excluding hydrogens is 456 g/mol. The molecule has 2 aliphatic carbocycles. The molecule has 4 heteroatoms. The number of fused-ring (bicyclic) bond motifs is 3. The molecule has 0 aromatic heterocycles. The molecule has 4 nitrogen and oxygen atoms in total. The van der Waals surface area contributed by atoms with E-state index in [0.717, 1.165) is 64.6 Å². The first-order valence-electron chi connectivity index (χ1n) is 13.0. The third-order valence-corrected chi connectivity index (χ3v) is 6.72. The summed E-state index contributed by atoms with van der Waals surface area (Å²) in [4.78, 5) is 0. The Bertz CT molecular complexity index is 1390. The highest BCUT2D eigenvalue weighted by molar-refractivity contribution is 6.05. The standard InChI is InChI=1S/C33H34N2O2/c1-3-17-36-25-10-5-22(6-11-25)19-30-29-21-24(34)9-14-27(29)28-15-16-32(35)31(33(28)30)20-23-7-12-26(13-8-23)37-18-4-2/h5-16,19-21,33H,3-4,17-18,34-35H2,1-2H3. The Labute approximate surface area is 219 Å². The number of rotatable bonds is 8. The number of allylic oxidation sites excluding steroid dienone is 5. The zero-order valence-corrected chi connectivity index (χ0v) is 21.5. The summed E-state index contributed by atoms with van der Waals surface area (Å²) in [7, 11) is 0. The van der Waals surface area contributed by atoms with E-state index in [1.807, 2.05) is 36.4 Å². The summed E-state index contributed by atoms with van der Waals surface area (Å²) < 4.78 is 11.5. The maximum Gasteiger partial charge on any atom is 0.119 e. The summed E-state index contributed by atoms with van der Waals surface area (Å²) >= 11 is 0. The largest absolute Gasteiger partial charge is 0.494 e. The van der Waals surface area contributed by atoms with Crippen molar-refractivity contribution in [1.29, 1.82) is 0 Å². The van der Waals surface area contributed by atoms with Gasteiger partial charge in [0.2, 0.25) is 0 Å². The third kappa shape index (κ3) is 5.19. The Morgan fingerprint density at radius 1 is 0.676 bits per heavy atom.